The highest BCUT2D eigenvalue weighted by atomic mass is 16.6. The molecule has 3 N–H and O–H groups in total. The molecule has 0 saturated heterocycles. The third-order valence-electron chi connectivity index (χ3n) is 4.54. The Morgan fingerprint density at radius 1 is 1.00 bits per heavy atom. The summed E-state index contributed by atoms with van der Waals surface area (Å²) in [7, 11) is 1.44. The summed E-state index contributed by atoms with van der Waals surface area (Å²) in [5, 5.41) is 15.6. The third kappa shape index (κ3) is 4.07. The maximum absolute atomic E-state index is 12.5. The van der Waals surface area contributed by atoms with Crippen molar-refractivity contribution in [1.29, 1.82) is 0 Å². The number of nitrogens with zero attached hydrogens (tertiary/aromatic N) is 4. The van der Waals surface area contributed by atoms with E-state index in [0.29, 0.717) is 17.0 Å². The minimum absolute atomic E-state index is 0.0582. The molecule has 0 aliphatic carbocycles. The molecule has 4 rings (SSSR count). The first-order chi connectivity index (χ1) is 15.6. The van der Waals surface area contributed by atoms with E-state index in [1.54, 1.807) is 48.7 Å². The molecule has 0 spiro atoms. The summed E-state index contributed by atoms with van der Waals surface area (Å²) in [4.78, 5) is 35.9. The third-order valence-corrected chi connectivity index (χ3v) is 4.54. The van der Waals surface area contributed by atoms with Crippen LogP contribution in [0.2, 0.25) is 0 Å². The number of carbonyl (C=O) groups is 1. The Bertz CT molecular complexity index is 1310. The second-order valence-corrected chi connectivity index (χ2v) is 6.46. The van der Waals surface area contributed by atoms with Gasteiger partial charge in [0.05, 0.1) is 28.8 Å². The smallest absolute Gasteiger partial charge is 0.355 e. The first kappa shape index (κ1) is 20.5. The van der Waals surface area contributed by atoms with Gasteiger partial charge in [-0.3, -0.25) is 30.7 Å². The van der Waals surface area contributed by atoms with Gasteiger partial charge in [-0.15, -0.1) is 0 Å². The van der Waals surface area contributed by atoms with E-state index in [9.17, 15) is 14.9 Å². The predicted octanol–water partition coefficient (Wildman–Crippen LogP) is 3.44. The van der Waals surface area contributed by atoms with Crippen LogP contribution in [0.3, 0.4) is 0 Å². The first-order valence-corrected chi connectivity index (χ1v) is 9.38. The lowest BCUT2D eigenvalue weighted by atomic mass is 10.2. The normalized spacial score (nSPS) is 10.4. The summed E-state index contributed by atoms with van der Waals surface area (Å²) in [5.41, 5.74) is 5.87. The van der Waals surface area contributed by atoms with Crippen LogP contribution in [0.15, 0.2) is 67.1 Å². The zero-order valence-electron chi connectivity index (χ0n) is 16.8. The van der Waals surface area contributed by atoms with Crippen LogP contribution in [-0.2, 0) is 0 Å². The molecule has 0 bridgehead atoms. The van der Waals surface area contributed by atoms with Crippen molar-refractivity contribution in [2.24, 2.45) is 0 Å². The largest absolute Gasteiger partial charge is 0.496 e. The number of carbonyl (C=O) groups excluding carboxylic acids is 1. The van der Waals surface area contributed by atoms with Crippen LogP contribution in [-0.4, -0.2) is 32.9 Å². The fourth-order valence-corrected chi connectivity index (χ4v) is 3.08. The van der Waals surface area contributed by atoms with Crippen molar-refractivity contribution in [3.8, 4) is 5.75 Å². The van der Waals surface area contributed by atoms with Crippen LogP contribution in [0, 0.1) is 10.1 Å². The molecule has 0 aliphatic rings. The van der Waals surface area contributed by atoms with Gasteiger partial charge in [0.1, 0.15) is 12.1 Å². The number of rotatable bonds is 7. The lowest BCUT2D eigenvalue weighted by Gasteiger charge is -2.12. The van der Waals surface area contributed by atoms with E-state index >= 15 is 0 Å². The number of benzene rings is 2. The number of amides is 1. The molecule has 2 heterocycles. The van der Waals surface area contributed by atoms with Crippen LogP contribution >= 0.6 is 0 Å². The number of para-hydroxylation sites is 2. The highest BCUT2D eigenvalue weighted by Crippen LogP contribution is 2.32. The summed E-state index contributed by atoms with van der Waals surface area (Å²) in [6, 6.07) is 15.7. The molecule has 1 amide bonds. The molecule has 4 aromatic rings. The van der Waals surface area contributed by atoms with E-state index in [4.69, 9.17) is 4.74 Å². The molecule has 0 saturated carbocycles. The summed E-state index contributed by atoms with van der Waals surface area (Å²) in [6.45, 7) is 0. The SMILES string of the molecule is COc1ccccc1C(=O)NNc1ncnc(Nc2cccc3cccnc23)c1[N+](=O)[O-]. The molecule has 0 radical (unpaired) electrons. The monoisotopic (exact) mass is 431 g/mol. The number of anilines is 3. The fraction of sp³-hybridized carbons (Fsp3) is 0.0476. The van der Waals surface area contributed by atoms with Crippen molar-refractivity contribution >= 4 is 39.8 Å². The van der Waals surface area contributed by atoms with Gasteiger partial charge >= 0.3 is 5.69 Å². The maximum atomic E-state index is 12.5. The van der Waals surface area contributed by atoms with E-state index < -0.39 is 16.5 Å². The van der Waals surface area contributed by atoms with Gasteiger partial charge in [0.25, 0.3) is 5.91 Å². The Morgan fingerprint density at radius 3 is 2.59 bits per heavy atom. The standard InChI is InChI=1S/C21H17N7O4/c1-32-16-10-3-2-8-14(16)21(29)27-26-20-18(28(30)31)19(23-12-24-20)25-15-9-4-6-13-7-5-11-22-17(13)15/h2-12H,1H3,(H,27,29)(H2,23,24,25,26). The molecule has 2 aromatic heterocycles. The van der Waals surface area contributed by atoms with Gasteiger partial charge in [-0.2, -0.15) is 0 Å². The van der Waals surface area contributed by atoms with E-state index in [2.05, 4.69) is 31.1 Å². The number of hydrogen-bond donors (Lipinski definition) is 3. The van der Waals surface area contributed by atoms with Gasteiger partial charge in [-0.1, -0.05) is 30.3 Å². The van der Waals surface area contributed by atoms with Crippen LogP contribution in [0.5, 0.6) is 5.75 Å². The molecule has 11 heteroatoms. The number of pyridine rings is 1. The molecule has 0 aliphatic heterocycles. The molecule has 0 unspecified atom stereocenters. The van der Waals surface area contributed by atoms with E-state index in [0.717, 1.165) is 11.7 Å². The van der Waals surface area contributed by atoms with Gasteiger partial charge in [0.2, 0.25) is 11.6 Å². The average Bonchev–Trinajstić information content (AvgIpc) is 2.82. The van der Waals surface area contributed by atoms with Crippen LogP contribution in [0.1, 0.15) is 10.4 Å². The summed E-state index contributed by atoms with van der Waals surface area (Å²) < 4.78 is 5.16. The molecule has 32 heavy (non-hydrogen) atoms. The van der Waals surface area contributed by atoms with Gasteiger partial charge in [0, 0.05) is 11.6 Å². The van der Waals surface area contributed by atoms with Gasteiger partial charge in [0.15, 0.2) is 0 Å². The molecule has 0 atom stereocenters. The van der Waals surface area contributed by atoms with Crippen molar-refractivity contribution in [2.45, 2.75) is 0 Å². The van der Waals surface area contributed by atoms with E-state index in [-0.39, 0.29) is 17.2 Å². The summed E-state index contributed by atoms with van der Waals surface area (Å²) >= 11 is 0. The highest BCUT2D eigenvalue weighted by molar-refractivity contribution is 5.98. The minimum atomic E-state index is -0.640. The number of hydrazine groups is 1. The number of ether oxygens (including phenoxy) is 1. The Morgan fingerprint density at radius 2 is 1.78 bits per heavy atom. The highest BCUT2D eigenvalue weighted by Gasteiger charge is 2.24. The molecular formula is C21H17N7O4. The molecule has 0 fully saturated rings. The summed E-state index contributed by atoms with van der Waals surface area (Å²) in [5.74, 6) is -0.445. The van der Waals surface area contributed by atoms with Crippen molar-refractivity contribution < 1.29 is 14.5 Å². The van der Waals surface area contributed by atoms with Crippen LogP contribution < -0.4 is 20.9 Å². The second kappa shape index (κ2) is 8.92. The van der Waals surface area contributed by atoms with Crippen molar-refractivity contribution in [3.63, 3.8) is 0 Å². The lowest BCUT2D eigenvalue weighted by Crippen LogP contribution is -2.30. The zero-order valence-corrected chi connectivity index (χ0v) is 16.8. The van der Waals surface area contributed by atoms with Gasteiger partial charge in [-0.05, 0) is 24.3 Å². The zero-order chi connectivity index (χ0) is 22.5. The second-order valence-electron chi connectivity index (χ2n) is 6.46. The summed E-state index contributed by atoms with van der Waals surface area (Å²) in [6.07, 6.45) is 2.77. The lowest BCUT2D eigenvalue weighted by molar-refractivity contribution is -0.383. The Hall–Kier alpha value is -4.80. The van der Waals surface area contributed by atoms with Crippen molar-refractivity contribution in [1.82, 2.24) is 20.4 Å². The number of aromatic nitrogens is 3. The number of nitrogens with one attached hydrogen (secondary N) is 3. The topological polar surface area (TPSA) is 144 Å². The van der Waals surface area contributed by atoms with Crippen molar-refractivity contribution in [3.05, 3.63) is 82.8 Å². The molecular weight excluding hydrogens is 414 g/mol. The Kier molecular flexibility index (Phi) is 5.70. The van der Waals surface area contributed by atoms with Crippen LogP contribution in [0.25, 0.3) is 10.9 Å². The fourth-order valence-electron chi connectivity index (χ4n) is 3.08. The van der Waals surface area contributed by atoms with Gasteiger partial charge < -0.3 is 10.1 Å². The Labute approximate surface area is 181 Å². The van der Waals surface area contributed by atoms with Gasteiger partial charge in [-0.25, -0.2) is 9.97 Å². The van der Waals surface area contributed by atoms with E-state index in [1.165, 1.54) is 7.11 Å². The number of hydrogen-bond acceptors (Lipinski definition) is 9. The maximum Gasteiger partial charge on any atom is 0.355 e. The van der Waals surface area contributed by atoms with Crippen LogP contribution in [0.4, 0.5) is 23.0 Å². The molecule has 160 valence electrons. The average molecular weight is 431 g/mol. The molecule has 2 aromatic carbocycles. The quantitative estimate of drug-likeness (QED) is 0.296. The van der Waals surface area contributed by atoms with Crippen molar-refractivity contribution in [2.75, 3.05) is 17.9 Å². The van der Waals surface area contributed by atoms with E-state index in [1.807, 2.05) is 12.1 Å². The molecule has 11 nitrogen and oxygen atoms in total. The predicted molar refractivity (Wildman–Crippen MR) is 118 cm³/mol. The minimum Gasteiger partial charge on any atom is -0.496 e. The first-order valence-electron chi connectivity index (χ1n) is 9.38. The number of nitro groups is 1. The number of methoxy groups -OCH3 is 1. The Balaban J connectivity index is 1.62. The number of fused-ring (bicyclic) bond motifs is 1.